The fraction of sp³-hybridized carbons (Fsp3) is 0.0909. The summed E-state index contributed by atoms with van der Waals surface area (Å²) in [5.74, 6) is 0.128. The van der Waals surface area contributed by atoms with Gasteiger partial charge in [0.25, 0.3) is 0 Å². The Morgan fingerprint density at radius 2 is 2.08 bits per heavy atom. The second-order valence-corrected chi connectivity index (χ2v) is 2.85. The van der Waals surface area contributed by atoms with Crippen LogP contribution in [0, 0.1) is 0 Å². The number of Topliss-reactive ketones (excluding diaryl/α,β-unsaturated/α-hetero) is 1. The van der Waals surface area contributed by atoms with Crippen molar-refractivity contribution < 1.29 is 4.79 Å². The van der Waals surface area contributed by atoms with Crippen molar-refractivity contribution in [2.24, 2.45) is 4.99 Å². The molecule has 0 fully saturated rings. The van der Waals surface area contributed by atoms with E-state index in [9.17, 15) is 4.79 Å². The molecule has 13 heavy (non-hydrogen) atoms. The van der Waals surface area contributed by atoms with Crippen molar-refractivity contribution in [2.45, 2.75) is 6.42 Å². The molecule has 0 amide bonds. The lowest BCUT2D eigenvalue weighted by atomic mass is 10.1. The van der Waals surface area contributed by atoms with Crippen LogP contribution in [0.25, 0.3) is 0 Å². The number of carbonyl (C=O) groups excluding carboxylic acids is 1. The standard InChI is InChI=1S/C11H9NO/c13-11-7-3-4-8-12-10-6-2-1-5-9(10)11/h1-6,8H,7H2. The highest BCUT2D eigenvalue weighted by molar-refractivity contribution is 6.02. The summed E-state index contributed by atoms with van der Waals surface area (Å²) in [6, 6.07) is 7.41. The van der Waals surface area contributed by atoms with Crippen LogP contribution in [0.15, 0.2) is 41.4 Å². The van der Waals surface area contributed by atoms with Crippen LogP contribution in [0.1, 0.15) is 16.8 Å². The molecule has 2 rings (SSSR count). The van der Waals surface area contributed by atoms with Gasteiger partial charge >= 0.3 is 0 Å². The minimum absolute atomic E-state index is 0.128. The molecule has 1 aromatic carbocycles. The molecule has 2 nitrogen and oxygen atoms in total. The predicted molar refractivity (Wildman–Crippen MR) is 52.7 cm³/mol. The molecule has 0 N–H and O–H groups in total. The molecule has 1 aliphatic rings. The molecule has 64 valence electrons. The molecular weight excluding hydrogens is 162 g/mol. The Balaban J connectivity index is 2.55. The van der Waals surface area contributed by atoms with Crippen LogP contribution in [-0.4, -0.2) is 12.0 Å². The molecule has 0 atom stereocenters. The van der Waals surface area contributed by atoms with Gasteiger partial charge in [0, 0.05) is 18.2 Å². The Kier molecular flexibility index (Phi) is 2.04. The minimum Gasteiger partial charge on any atom is -0.294 e. The highest BCUT2D eigenvalue weighted by Crippen LogP contribution is 2.20. The zero-order valence-electron chi connectivity index (χ0n) is 7.10. The molecule has 2 heteroatoms. The Bertz CT molecular complexity index is 391. The van der Waals surface area contributed by atoms with Crippen LogP contribution >= 0.6 is 0 Å². The van der Waals surface area contributed by atoms with Gasteiger partial charge in [-0.1, -0.05) is 18.2 Å². The van der Waals surface area contributed by atoms with Crippen LogP contribution in [0.2, 0.25) is 0 Å². The summed E-state index contributed by atoms with van der Waals surface area (Å²) in [4.78, 5) is 15.7. The summed E-state index contributed by atoms with van der Waals surface area (Å²) < 4.78 is 0. The van der Waals surface area contributed by atoms with Gasteiger partial charge < -0.3 is 0 Å². The maximum atomic E-state index is 11.5. The highest BCUT2D eigenvalue weighted by Gasteiger charge is 2.08. The summed E-state index contributed by atoms with van der Waals surface area (Å²) in [6.45, 7) is 0. The molecule has 0 unspecified atom stereocenters. The topological polar surface area (TPSA) is 29.4 Å². The van der Waals surface area contributed by atoms with Crippen LogP contribution < -0.4 is 0 Å². The third-order valence-electron chi connectivity index (χ3n) is 1.94. The zero-order valence-corrected chi connectivity index (χ0v) is 7.10. The second-order valence-electron chi connectivity index (χ2n) is 2.85. The Morgan fingerprint density at radius 1 is 1.23 bits per heavy atom. The molecule has 0 radical (unpaired) electrons. The monoisotopic (exact) mass is 171 g/mol. The van der Waals surface area contributed by atoms with Crippen molar-refractivity contribution in [1.29, 1.82) is 0 Å². The number of para-hydroxylation sites is 1. The van der Waals surface area contributed by atoms with Gasteiger partial charge in [-0.15, -0.1) is 0 Å². The lowest BCUT2D eigenvalue weighted by Gasteiger charge is -2.03. The van der Waals surface area contributed by atoms with Gasteiger partial charge in [-0.25, -0.2) is 0 Å². The van der Waals surface area contributed by atoms with E-state index in [4.69, 9.17) is 0 Å². The number of benzene rings is 1. The van der Waals surface area contributed by atoms with Gasteiger partial charge in [-0.3, -0.25) is 9.79 Å². The predicted octanol–water partition coefficient (Wildman–Crippen LogP) is 2.53. The van der Waals surface area contributed by atoms with Crippen molar-refractivity contribution in [2.75, 3.05) is 0 Å². The molecule has 0 bridgehead atoms. The van der Waals surface area contributed by atoms with Crippen LogP contribution in [0.4, 0.5) is 5.69 Å². The Morgan fingerprint density at radius 3 is 3.00 bits per heavy atom. The molecule has 0 aromatic heterocycles. The lowest BCUT2D eigenvalue weighted by molar-refractivity contribution is 0.0996. The van der Waals surface area contributed by atoms with Crippen molar-refractivity contribution in [3.05, 3.63) is 42.0 Å². The fourth-order valence-electron chi connectivity index (χ4n) is 1.29. The van der Waals surface area contributed by atoms with E-state index < -0.39 is 0 Å². The molecular formula is C11H9NO. The van der Waals surface area contributed by atoms with Crippen molar-refractivity contribution >= 4 is 17.7 Å². The largest absolute Gasteiger partial charge is 0.294 e. The van der Waals surface area contributed by atoms with Crippen molar-refractivity contribution in [3.63, 3.8) is 0 Å². The summed E-state index contributed by atoms with van der Waals surface area (Å²) in [5.41, 5.74) is 1.47. The quantitative estimate of drug-likeness (QED) is 0.589. The smallest absolute Gasteiger partial charge is 0.168 e. The van der Waals surface area contributed by atoms with E-state index in [0.29, 0.717) is 12.0 Å². The molecule has 1 aliphatic heterocycles. The normalized spacial score (nSPS) is 14.9. The average molecular weight is 171 g/mol. The van der Waals surface area contributed by atoms with Crippen molar-refractivity contribution in [3.8, 4) is 0 Å². The SMILES string of the molecule is O=C1CC=CC=Nc2ccccc21. The molecule has 0 spiro atoms. The number of hydrogen-bond acceptors (Lipinski definition) is 2. The molecule has 0 saturated carbocycles. The number of rotatable bonds is 0. The third kappa shape index (κ3) is 1.56. The fourth-order valence-corrected chi connectivity index (χ4v) is 1.29. The third-order valence-corrected chi connectivity index (χ3v) is 1.94. The van der Waals surface area contributed by atoms with Gasteiger partial charge in [0.15, 0.2) is 5.78 Å². The van der Waals surface area contributed by atoms with Gasteiger partial charge in [0.2, 0.25) is 0 Å². The number of ketones is 1. The minimum atomic E-state index is 0.128. The molecule has 1 aromatic rings. The number of fused-ring (bicyclic) bond motifs is 1. The van der Waals surface area contributed by atoms with Crippen molar-refractivity contribution in [1.82, 2.24) is 0 Å². The first-order chi connectivity index (χ1) is 6.38. The maximum Gasteiger partial charge on any atom is 0.168 e. The van der Waals surface area contributed by atoms with E-state index in [-0.39, 0.29) is 5.78 Å². The van der Waals surface area contributed by atoms with E-state index >= 15 is 0 Å². The first kappa shape index (κ1) is 7.92. The van der Waals surface area contributed by atoms with Crippen LogP contribution in [-0.2, 0) is 0 Å². The van der Waals surface area contributed by atoms with E-state index in [2.05, 4.69) is 4.99 Å². The second kappa shape index (κ2) is 3.35. The van der Waals surface area contributed by atoms with E-state index in [0.717, 1.165) is 5.69 Å². The molecule has 0 saturated heterocycles. The zero-order chi connectivity index (χ0) is 9.10. The average Bonchev–Trinajstić information content (AvgIpc) is 2.14. The summed E-state index contributed by atoms with van der Waals surface area (Å²) in [5, 5.41) is 0. The van der Waals surface area contributed by atoms with E-state index in [1.54, 1.807) is 12.3 Å². The molecule has 0 aliphatic carbocycles. The summed E-state index contributed by atoms with van der Waals surface area (Å²) in [7, 11) is 0. The van der Waals surface area contributed by atoms with Gasteiger partial charge in [-0.05, 0) is 18.2 Å². The lowest BCUT2D eigenvalue weighted by Crippen LogP contribution is -1.98. The van der Waals surface area contributed by atoms with E-state index in [1.807, 2.05) is 30.3 Å². The number of aliphatic imine (C=N–C) groups is 1. The number of allylic oxidation sites excluding steroid dienone is 2. The number of carbonyl (C=O) groups is 1. The van der Waals surface area contributed by atoms with Gasteiger partial charge in [0.1, 0.15) is 0 Å². The van der Waals surface area contributed by atoms with Crippen LogP contribution in [0.3, 0.4) is 0 Å². The number of nitrogens with zero attached hydrogens (tertiary/aromatic N) is 1. The summed E-state index contributed by atoms with van der Waals surface area (Å²) in [6.07, 6.45) is 5.80. The summed E-state index contributed by atoms with van der Waals surface area (Å²) >= 11 is 0. The van der Waals surface area contributed by atoms with Gasteiger partial charge in [0.05, 0.1) is 5.69 Å². The first-order valence-corrected chi connectivity index (χ1v) is 4.19. The van der Waals surface area contributed by atoms with E-state index in [1.165, 1.54) is 0 Å². The van der Waals surface area contributed by atoms with Crippen LogP contribution in [0.5, 0.6) is 0 Å². The highest BCUT2D eigenvalue weighted by atomic mass is 16.1. The van der Waals surface area contributed by atoms with Gasteiger partial charge in [-0.2, -0.15) is 0 Å². The maximum absolute atomic E-state index is 11.5. The first-order valence-electron chi connectivity index (χ1n) is 4.19. The Hall–Kier alpha value is -1.70. The molecule has 1 heterocycles. The Labute approximate surface area is 76.6 Å². The number of hydrogen-bond donors (Lipinski definition) is 0.